The summed E-state index contributed by atoms with van der Waals surface area (Å²) in [6, 6.07) is -0.0653. The zero-order valence-electron chi connectivity index (χ0n) is 9.81. The lowest BCUT2D eigenvalue weighted by Gasteiger charge is -2.13. The lowest BCUT2D eigenvalue weighted by atomic mass is 9.98. The van der Waals surface area contributed by atoms with Crippen LogP contribution in [0.25, 0.3) is 0 Å². The topological polar surface area (TPSA) is 84.6 Å². The molecule has 17 heavy (non-hydrogen) atoms. The van der Waals surface area contributed by atoms with Gasteiger partial charge in [-0.1, -0.05) is 6.92 Å². The molecule has 2 unspecified atom stereocenters. The summed E-state index contributed by atoms with van der Waals surface area (Å²) in [5.41, 5.74) is 6.15. The van der Waals surface area contributed by atoms with Gasteiger partial charge in [0.25, 0.3) is 0 Å². The summed E-state index contributed by atoms with van der Waals surface area (Å²) in [4.78, 5) is 25.9. The molecule has 0 radical (unpaired) electrons. The van der Waals surface area contributed by atoms with Crippen LogP contribution in [0.5, 0.6) is 0 Å². The third-order valence-corrected chi connectivity index (χ3v) is 4.56. The number of hydrogen-bond donors (Lipinski definition) is 2. The van der Waals surface area contributed by atoms with Crippen LogP contribution in [0.1, 0.15) is 26.2 Å². The maximum Gasteiger partial charge on any atom is 0.341 e. The fourth-order valence-electron chi connectivity index (χ4n) is 2.28. The minimum absolute atomic E-state index is 0.143. The number of urea groups is 1. The molecule has 1 saturated heterocycles. The van der Waals surface area contributed by atoms with Crippen molar-refractivity contribution in [2.75, 3.05) is 5.75 Å². The van der Waals surface area contributed by atoms with Crippen LogP contribution < -0.4 is 11.1 Å². The van der Waals surface area contributed by atoms with E-state index < -0.39 is 0 Å². The zero-order valence-corrected chi connectivity index (χ0v) is 10.6. The Kier molecular flexibility index (Phi) is 3.71. The molecule has 0 aliphatic carbocycles. The quantitative estimate of drug-likeness (QED) is 0.766. The van der Waals surface area contributed by atoms with E-state index in [1.807, 2.05) is 18.7 Å². The minimum Gasteiger partial charge on any atom is -0.370 e. The van der Waals surface area contributed by atoms with Gasteiger partial charge in [0.05, 0.1) is 11.8 Å². The van der Waals surface area contributed by atoms with Crippen LogP contribution in [0.15, 0.2) is 4.99 Å². The Bertz CT molecular complexity index is 370. The average Bonchev–Trinajstić information content (AvgIpc) is 2.73. The molecular formula is C11H17N3O2S. The number of nitrogens with two attached hydrogens (primary N) is 1. The smallest absolute Gasteiger partial charge is 0.341 e. The maximum absolute atomic E-state index is 11.1. The normalized spacial score (nSPS) is 28.5. The number of nitrogens with one attached hydrogen (secondary N) is 1. The van der Waals surface area contributed by atoms with Gasteiger partial charge in [-0.2, -0.15) is 4.99 Å². The standard InChI is InChI=1S/C11H17N3O2S/c1-6(4-9(12)15)2-3-8-10-7(5-17-8)13-11(16)14-10/h6-8H,2-5H2,1H3,(H2,12,15)(H,13,16)/t6-,7?,8?/m1/s1. The second kappa shape index (κ2) is 5.08. The first-order valence-corrected chi connectivity index (χ1v) is 6.90. The predicted molar refractivity (Wildman–Crippen MR) is 68.2 cm³/mol. The molecular weight excluding hydrogens is 238 g/mol. The number of rotatable bonds is 5. The summed E-state index contributed by atoms with van der Waals surface area (Å²) >= 11 is 1.84. The Morgan fingerprint density at radius 1 is 1.71 bits per heavy atom. The monoisotopic (exact) mass is 255 g/mol. The molecule has 5 nitrogen and oxygen atoms in total. The fraction of sp³-hybridized carbons (Fsp3) is 0.727. The van der Waals surface area contributed by atoms with Gasteiger partial charge in [0.1, 0.15) is 0 Å². The fourth-order valence-corrected chi connectivity index (χ4v) is 3.65. The molecule has 3 amide bonds. The molecule has 2 heterocycles. The number of nitrogens with zero attached hydrogens (tertiary/aromatic N) is 1. The van der Waals surface area contributed by atoms with Crippen molar-refractivity contribution >= 4 is 29.4 Å². The highest BCUT2D eigenvalue weighted by molar-refractivity contribution is 8.01. The minimum atomic E-state index is -0.246. The summed E-state index contributed by atoms with van der Waals surface area (Å²) in [7, 11) is 0. The van der Waals surface area contributed by atoms with E-state index in [1.54, 1.807) is 0 Å². The number of amides is 3. The third-order valence-electron chi connectivity index (χ3n) is 3.15. The Labute approximate surface area is 105 Å². The Morgan fingerprint density at radius 3 is 3.18 bits per heavy atom. The largest absolute Gasteiger partial charge is 0.370 e. The Morgan fingerprint density at radius 2 is 2.47 bits per heavy atom. The van der Waals surface area contributed by atoms with Crippen molar-refractivity contribution in [2.45, 2.75) is 37.5 Å². The highest BCUT2D eigenvalue weighted by Crippen LogP contribution is 2.31. The molecule has 2 aliphatic heterocycles. The molecule has 0 bridgehead atoms. The number of hydrogen-bond acceptors (Lipinski definition) is 3. The summed E-state index contributed by atoms with van der Waals surface area (Å²) < 4.78 is 0. The second-order valence-corrected chi connectivity index (χ2v) is 5.95. The van der Waals surface area contributed by atoms with Crippen LogP contribution in [0.4, 0.5) is 4.79 Å². The van der Waals surface area contributed by atoms with Crippen LogP contribution in [-0.4, -0.2) is 34.7 Å². The number of thioether (sulfide) groups is 1. The first kappa shape index (κ1) is 12.4. The van der Waals surface area contributed by atoms with Gasteiger partial charge in [0, 0.05) is 17.4 Å². The molecule has 1 fully saturated rings. The number of primary amides is 1. The maximum atomic E-state index is 11.1. The van der Waals surface area contributed by atoms with E-state index in [-0.39, 0.29) is 18.0 Å². The molecule has 6 heteroatoms. The molecule has 2 aliphatic rings. The van der Waals surface area contributed by atoms with E-state index in [2.05, 4.69) is 10.3 Å². The number of fused-ring (bicyclic) bond motifs is 1. The van der Waals surface area contributed by atoms with Crippen molar-refractivity contribution in [2.24, 2.45) is 16.6 Å². The lowest BCUT2D eigenvalue weighted by molar-refractivity contribution is -0.118. The highest BCUT2D eigenvalue weighted by atomic mass is 32.2. The lowest BCUT2D eigenvalue weighted by Crippen LogP contribution is -2.32. The van der Waals surface area contributed by atoms with Crippen molar-refractivity contribution in [3.63, 3.8) is 0 Å². The van der Waals surface area contributed by atoms with E-state index in [4.69, 9.17) is 5.73 Å². The zero-order chi connectivity index (χ0) is 12.4. The average molecular weight is 255 g/mol. The SMILES string of the molecule is C[C@H](CCC1SCC2NC(=O)N=C21)CC(N)=O. The first-order chi connectivity index (χ1) is 8.06. The van der Waals surface area contributed by atoms with Crippen molar-refractivity contribution in [1.82, 2.24) is 5.32 Å². The summed E-state index contributed by atoms with van der Waals surface area (Å²) in [5.74, 6) is 0.974. The van der Waals surface area contributed by atoms with Crippen molar-refractivity contribution in [1.29, 1.82) is 0 Å². The van der Waals surface area contributed by atoms with Gasteiger partial charge in [0.15, 0.2) is 0 Å². The van der Waals surface area contributed by atoms with Crippen LogP contribution in [0.2, 0.25) is 0 Å². The van der Waals surface area contributed by atoms with E-state index in [0.717, 1.165) is 24.3 Å². The third kappa shape index (κ3) is 3.00. The van der Waals surface area contributed by atoms with Crippen LogP contribution >= 0.6 is 11.8 Å². The van der Waals surface area contributed by atoms with E-state index >= 15 is 0 Å². The highest BCUT2D eigenvalue weighted by Gasteiger charge is 2.37. The van der Waals surface area contributed by atoms with Crippen LogP contribution in [0.3, 0.4) is 0 Å². The van der Waals surface area contributed by atoms with Crippen molar-refractivity contribution < 1.29 is 9.59 Å². The number of carbonyl (C=O) groups excluding carboxylic acids is 2. The van der Waals surface area contributed by atoms with E-state index in [9.17, 15) is 9.59 Å². The van der Waals surface area contributed by atoms with Crippen molar-refractivity contribution in [3.05, 3.63) is 0 Å². The van der Waals surface area contributed by atoms with Gasteiger partial charge < -0.3 is 11.1 Å². The molecule has 0 aromatic heterocycles. The van der Waals surface area contributed by atoms with Crippen LogP contribution in [0, 0.1) is 5.92 Å². The number of aliphatic imine (C=N–C) groups is 1. The number of carbonyl (C=O) groups is 2. The van der Waals surface area contributed by atoms with Crippen LogP contribution in [-0.2, 0) is 4.79 Å². The molecule has 2 rings (SSSR count). The van der Waals surface area contributed by atoms with E-state index in [0.29, 0.717) is 17.6 Å². The van der Waals surface area contributed by atoms with Gasteiger partial charge in [-0.05, 0) is 18.8 Å². The summed E-state index contributed by atoms with van der Waals surface area (Å²) in [6.07, 6.45) is 2.34. The predicted octanol–water partition coefficient (Wildman–Crippen LogP) is 0.926. The van der Waals surface area contributed by atoms with Gasteiger partial charge in [-0.3, -0.25) is 4.79 Å². The van der Waals surface area contributed by atoms with E-state index in [1.165, 1.54) is 0 Å². The molecule has 0 aromatic carbocycles. The molecule has 0 aromatic rings. The molecule has 3 atom stereocenters. The molecule has 0 spiro atoms. The van der Waals surface area contributed by atoms with Gasteiger partial charge >= 0.3 is 6.03 Å². The molecule has 3 N–H and O–H groups in total. The molecule has 94 valence electrons. The Hall–Kier alpha value is -1.04. The van der Waals surface area contributed by atoms with Gasteiger partial charge in [0.2, 0.25) is 5.91 Å². The summed E-state index contributed by atoms with van der Waals surface area (Å²) in [6.45, 7) is 2.03. The second-order valence-electron chi connectivity index (χ2n) is 4.71. The summed E-state index contributed by atoms with van der Waals surface area (Å²) in [5, 5.41) is 3.16. The van der Waals surface area contributed by atoms with Gasteiger partial charge in [-0.15, -0.1) is 11.8 Å². The first-order valence-electron chi connectivity index (χ1n) is 5.85. The van der Waals surface area contributed by atoms with Crippen molar-refractivity contribution in [3.8, 4) is 0 Å². The van der Waals surface area contributed by atoms with Gasteiger partial charge in [-0.25, -0.2) is 4.79 Å². The Balaban J connectivity index is 1.82. The molecule has 0 saturated carbocycles.